The molecule has 32 heavy (non-hydrogen) atoms. The Morgan fingerprint density at radius 1 is 1.00 bits per heavy atom. The standard InChI is InChI=1S/C24H27NO7/c1-5-32-17-9-6-15(7-10-17)21-20(23(27)24(28)25(21)12-13-29-2)22(26)16-8-11-18(30-3)19(14-16)31-4/h6-11,14,21,26H,5,12-13H2,1-4H3/b22-20-. The second-order valence-electron chi connectivity index (χ2n) is 7.06. The number of likely N-dealkylation sites (tertiary alicyclic amines) is 1. The van der Waals surface area contributed by atoms with Gasteiger partial charge in [-0.05, 0) is 42.8 Å². The molecular formula is C24H27NO7. The lowest BCUT2D eigenvalue weighted by Gasteiger charge is -2.25. The Balaban J connectivity index is 2.13. The highest BCUT2D eigenvalue weighted by Crippen LogP contribution is 2.40. The zero-order chi connectivity index (χ0) is 23.3. The highest BCUT2D eigenvalue weighted by atomic mass is 16.5. The molecule has 170 valence electrons. The predicted molar refractivity (Wildman–Crippen MR) is 118 cm³/mol. The van der Waals surface area contributed by atoms with Crippen molar-refractivity contribution in [2.75, 3.05) is 41.1 Å². The zero-order valence-electron chi connectivity index (χ0n) is 18.6. The number of aliphatic hydroxyl groups is 1. The minimum Gasteiger partial charge on any atom is -0.507 e. The topological polar surface area (TPSA) is 94.5 Å². The fourth-order valence-corrected chi connectivity index (χ4v) is 3.70. The number of benzene rings is 2. The van der Waals surface area contributed by atoms with E-state index in [2.05, 4.69) is 0 Å². The van der Waals surface area contributed by atoms with Gasteiger partial charge in [-0.2, -0.15) is 0 Å². The molecule has 0 bridgehead atoms. The van der Waals surface area contributed by atoms with E-state index in [0.29, 0.717) is 35.0 Å². The summed E-state index contributed by atoms with van der Waals surface area (Å²) in [6.07, 6.45) is 0. The van der Waals surface area contributed by atoms with Crippen LogP contribution in [-0.4, -0.2) is 62.8 Å². The summed E-state index contributed by atoms with van der Waals surface area (Å²) in [4.78, 5) is 27.2. The van der Waals surface area contributed by atoms with Gasteiger partial charge in [0.15, 0.2) is 11.5 Å². The van der Waals surface area contributed by atoms with Crippen LogP contribution in [0, 0.1) is 0 Å². The molecule has 2 aromatic rings. The van der Waals surface area contributed by atoms with Crippen molar-refractivity contribution < 1.29 is 33.6 Å². The van der Waals surface area contributed by atoms with Crippen LogP contribution in [0.2, 0.25) is 0 Å². The molecule has 1 heterocycles. The van der Waals surface area contributed by atoms with Gasteiger partial charge >= 0.3 is 0 Å². The average molecular weight is 441 g/mol. The molecule has 0 saturated carbocycles. The molecular weight excluding hydrogens is 414 g/mol. The molecule has 1 aliphatic rings. The van der Waals surface area contributed by atoms with Gasteiger partial charge in [0.1, 0.15) is 11.5 Å². The van der Waals surface area contributed by atoms with Crippen LogP contribution in [0.15, 0.2) is 48.0 Å². The third kappa shape index (κ3) is 4.40. The molecule has 0 spiro atoms. The molecule has 1 aliphatic heterocycles. The van der Waals surface area contributed by atoms with Crippen molar-refractivity contribution >= 4 is 17.4 Å². The Labute approximate surface area is 187 Å². The molecule has 1 N–H and O–H groups in total. The molecule has 8 nitrogen and oxygen atoms in total. The van der Waals surface area contributed by atoms with Crippen molar-refractivity contribution in [1.29, 1.82) is 0 Å². The third-order valence-electron chi connectivity index (χ3n) is 5.24. The monoisotopic (exact) mass is 441 g/mol. The van der Waals surface area contributed by atoms with Crippen molar-refractivity contribution in [2.45, 2.75) is 13.0 Å². The summed E-state index contributed by atoms with van der Waals surface area (Å²) in [5.74, 6) is -0.196. The van der Waals surface area contributed by atoms with Crippen molar-refractivity contribution in [3.05, 3.63) is 59.2 Å². The van der Waals surface area contributed by atoms with Crippen molar-refractivity contribution in [1.82, 2.24) is 4.90 Å². The van der Waals surface area contributed by atoms with Crippen molar-refractivity contribution in [3.8, 4) is 17.2 Å². The fraction of sp³-hybridized carbons (Fsp3) is 0.333. The Bertz CT molecular complexity index is 1010. The second-order valence-corrected chi connectivity index (χ2v) is 7.06. The molecule has 1 fully saturated rings. The van der Waals surface area contributed by atoms with Gasteiger partial charge in [0, 0.05) is 19.2 Å². The number of hydrogen-bond acceptors (Lipinski definition) is 7. The molecule has 8 heteroatoms. The molecule has 1 amide bonds. The molecule has 3 rings (SSSR count). The lowest BCUT2D eigenvalue weighted by molar-refractivity contribution is -0.140. The minimum absolute atomic E-state index is 0.00230. The number of hydrogen-bond donors (Lipinski definition) is 1. The fourth-order valence-electron chi connectivity index (χ4n) is 3.70. The average Bonchev–Trinajstić information content (AvgIpc) is 3.07. The maximum absolute atomic E-state index is 13.0. The summed E-state index contributed by atoms with van der Waals surface area (Å²) in [7, 11) is 4.50. The van der Waals surface area contributed by atoms with E-state index in [0.717, 1.165) is 0 Å². The summed E-state index contributed by atoms with van der Waals surface area (Å²) in [5, 5.41) is 11.1. The van der Waals surface area contributed by atoms with E-state index in [-0.39, 0.29) is 24.5 Å². The van der Waals surface area contributed by atoms with Crippen LogP contribution >= 0.6 is 0 Å². The molecule has 2 aromatic carbocycles. The van der Waals surface area contributed by atoms with E-state index in [9.17, 15) is 14.7 Å². The van der Waals surface area contributed by atoms with Crippen LogP contribution in [0.25, 0.3) is 5.76 Å². The number of methoxy groups -OCH3 is 3. The number of amides is 1. The van der Waals surface area contributed by atoms with E-state index < -0.39 is 17.7 Å². The van der Waals surface area contributed by atoms with Gasteiger partial charge in [0.05, 0.1) is 39.0 Å². The van der Waals surface area contributed by atoms with Crippen LogP contribution in [0.5, 0.6) is 17.2 Å². The lowest BCUT2D eigenvalue weighted by Crippen LogP contribution is -2.32. The van der Waals surface area contributed by atoms with Gasteiger partial charge in [-0.25, -0.2) is 0 Å². The zero-order valence-corrected chi connectivity index (χ0v) is 18.6. The van der Waals surface area contributed by atoms with Gasteiger partial charge in [0.2, 0.25) is 0 Å². The van der Waals surface area contributed by atoms with Crippen LogP contribution in [-0.2, 0) is 14.3 Å². The molecule has 1 unspecified atom stereocenters. The first kappa shape index (κ1) is 23.1. The maximum atomic E-state index is 13.0. The molecule has 0 aliphatic carbocycles. The maximum Gasteiger partial charge on any atom is 0.295 e. The van der Waals surface area contributed by atoms with Gasteiger partial charge in [-0.1, -0.05) is 12.1 Å². The highest BCUT2D eigenvalue weighted by Gasteiger charge is 2.45. The van der Waals surface area contributed by atoms with Crippen molar-refractivity contribution in [3.63, 3.8) is 0 Å². The second kappa shape index (κ2) is 10.2. The normalized spacial score (nSPS) is 17.5. The number of rotatable bonds is 9. The van der Waals surface area contributed by atoms with E-state index in [1.54, 1.807) is 42.5 Å². The van der Waals surface area contributed by atoms with Gasteiger partial charge in [0.25, 0.3) is 11.7 Å². The molecule has 0 aromatic heterocycles. The first-order valence-corrected chi connectivity index (χ1v) is 10.2. The summed E-state index contributed by atoms with van der Waals surface area (Å²) in [5.41, 5.74) is 1.01. The van der Waals surface area contributed by atoms with Gasteiger partial charge in [-0.3, -0.25) is 9.59 Å². The predicted octanol–water partition coefficient (Wildman–Crippen LogP) is 3.17. The molecule has 0 radical (unpaired) electrons. The number of aliphatic hydroxyl groups excluding tert-OH is 1. The first-order valence-electron chi connectivity index (χ1n) is 10.2. The number of Topliss-reactive ketones (excluding diaryl/α,β-unsaturated/α-hetero) is 1. The van der Waals surface area contributed by atoms with Crippen molar-refractivity contribution in [2.24, 2.45) is 0 Å². The number of ether oxygens (including phenoxy) is 4. The lowest BCUT2D eigenvalue weighted by atomic mass is 9.95. The van der Waals surface area contributed by atoms with E-state index >= 15 is 0 Å². The van der Waals surface area contributed by atoms with Crippen LogP contribution in [0.1, 0.15) is 24.1 Å². The molecule has 1 atom stereocenters. The Hall–Kier alpha value is -3.52. The van der Waals surface area contributed by atoms with Gasteiger partial charge < -0.3 is 29.0 Å². The quantitative estimate of drug-likeness (QED) is 0.363. The third-order valence-corrected chi connectivity index (χ3v) is 5.24. The summed E-state index contributed by atoms with van der Waals surface area (Å²) in [6, 6.07) is 11.1. The van der Waals surface area contributed by atoms with Gasteiger partial charge in [-0.15, -0.1) is 0 Å². The number of ketones is 1. The van der Waals surface area contributed by atoms with Crippen LogP contribution in [0.3, 0.4) is 0 Å². The van der Waals surface area contributed by atoms with E-state index in [1.165, 1.54) is 26.2 Å². The largest absolute Gasteiger partial charge is 0.507 e. The number of carbonyl (C=O) groups excluding carboxylic acids is 2. The SMILES string of the molecule is CCOc1ccc(C2/C(=C(/O)c3ccc(OC)c(OC)c3)C(=O)C(=O)N2CCOC)cc1. The number of carbonyl (C=O) groups is 2. The first-order chi connectivity index (χ1) is 15.5. The smallest absolute Gasteiger partial charge is 0.295 e. The molecule has 1 saturated heterocycles. The highest BCUT2D eigenvalue weighted by molar-refractivity contribution is 6.46. The minimum atomic E-state index is -0.770. The number of nitrogens with zero attached hydrogens (tertiary/aromatic N) is 1. The van der Waals surface area contributed by atoms with E-state index in [4.69, 9.17) is 18.9 Å². The Morgan fingerprint density at radius 2 is 1.69 bits per heavy atom. The van der Waals surface area contributed by atoms with Crippen LogP contribution in [0.4, 0.5) is 0 Å². The summed E-state index contributed by atoms with van der Waals surface area (Å²) >= 11 is 0. The van der Waals surface area contributed by atoms with Crippen LogP contribution < -0.4 is 14.2 Å². The Morgan fingerprint density at radius 3 is 2.28 bits per heavy atom. The van der Waals surface area contributed by atoms with E-state index in [1.807, 2.05) is 6.92 Å². The summed E-state index contributed by atoms with van der Waals surface area (Å²) in [6.45, 7) is 2.85. The Kier molecular flexibility index (Phi) is 7.37. The summed E-state index contributed by atoms with van der Waals surface area (Å²) < 4.78 is 21.2.